The first kappa shape index (κ1) is 14.9. The molecule has 10 heteroatoms. The first-order chi connectivity index (χ1) is 9.18. The van der Waals surface area contributed by atoms with E-state index in [0.717, 1.165) is 0 Å². The summed E-state index contributed by atoms with van der Waals surface area (Å²) < 4.78 is 39.7. The van der Waals surface area contributed by atoms with Crippen molar-refractivity contribution in [3.63, 3.8) is 0 Å². The molecule has 0 fully saturated rings. The van der Waals surface area contributed by atoms with Gasteiger partial charge in [-0.1, -0.05) is 11.6 Å². The molecule has 0 saturated carbocycles. The molecule has 20 heavy (non-hydrogen) atoms. The topological polar surface area (TPSA) is 61.0 Å². The number of nitrogens with zero attached hydrogens (tertiary/aromatic N) is 3. The highest BCUT2D eigenvalue weighted by atomic mass is 35.5. The van der Waals surface area contributed by atoms with Crippen LogP contribution in [-0.2, 0) is 12.7 Å². The van der Waals surface area contributed by atoms with Crippen molar-refractivity contribution in [1.82, 2.24) is 9.55 Å². The van der Waals surface area contributed by atoms with E-state index < -0.39 is 27.4 Å². The van der Waals surface area contributed by atoms with Gasteiger partial charge in [0.05, 0.1) is 16.0 Å². The maximum Gasteiger partial charge on any atom is 0.418 e. The molecule has 0 atom stereocenters. The van der Waals surface area contributed by atoms with Gasteiger partial charge in [-0.15, -0.1) is 0 Å². The van der Waals surface area contributed by atoms with Gasteiger partial charge in [-0.05, 0) is 24.6 Å². The molecule has 0 amide bonds. The summed E-state index contributed by atoms with van der Waals surface area (Å²) in [6.45, 7) is 1.83. The Bertz CT molecular complexity index is 712. The van der Waals surface area contributed by atoms with Gasteiger partial charge in [-0.2, -0.15) is 13.2 Å². The zero-order valence-electron chi connectivity index (χ0n) is 9.83. The van der Waals surface area contributed by atoms with Crippen molar-refractivity contribution in [1.29, 1.82) is 0 Å². The third-order valence-corrected chi connectivity index (χ3v) is 3.37. The fraction of sp³-hybridized carbons (Fsp3) is 0.300. The fourth-order valence-corrected chi connectivity index (χ4v) is 2.50. The third kappa shape index (κ3) is 2.18. The van der Waals surface area contributed by atoms with E-state index in [9.17, 15) is 23.3 Å². The Kier molecular flexibility index (Phi) is 3.55. The molecule has 2 rings (SSSR count). The second kappa shape index (κ2) is 4.78. The van der Waals surface area contributed by atoms with Crippen LogP contribution in [0.2, 0.25) is 10.3 Å². The summed E-state index contributed by atoms with van der Waals surface area (Å²) in [6.07, 6.45) is -4.82. The Morgan fingerprint density at radius 3 is 2.50 bits per heavy atom. The average Bonchev–Trinajstić information content (AvgIpc) is 2.61. The predicted molar refractivity (Wildman–Crippen MR) is 67.1 cm³/mol. The number of benzene rings is 1. The van der Waals surface area contributed by atoms with Gasteiger partial charge in [0.15, 0.2) is 0 Å². The SMILES string of the molecule is CCn1c(Cl)nc2cc(C(F)(F)F)c(Cl)c([N+](=O)[O-])c21. The zero-order valence-corrected chi connectivity index (χ0v) is 11.3. The molecular weight excluding hydrogens is 322 g/mol. The van der Waals surface area contributed by atoms with Crippen molar-refractivity contribution < 1.29 is 18.1 Å². The molecule has 5 nitrogen and oxygen atoms in total. The molecule has 2 aromatic rings. The molecule has 1 aromatic carbocycles. The normalized spacial score (nSPS) is 12.1. The van der Waals surface area contributed by atoms with Crippen LogP contribution in [0, 0.1) is 10.1 Å². The van der Waals surface area contributed by atoms with Crippen LogP contribution in [-0.4, -0.2) is 14.5 Å². The average molecular weight is 328 g/mol. The van der Waals surface area contributed by atoms with Crippen molar-refractivity contribution in [2.45, 2.75) is 19.6 Å². The summed E-state index contributed by atoms with van der Waals surface area (Å²) in [4.78, 5) is 13.8. The van der Waals surface area contributed by atoms with Crippen LogP contribution in [0.15, 0.2) is 6.07 Å². The summed E-state index contributed by atoms with van der Waals surface area (Å²) in [5.74, 6) is 0. The summed E-state index contributed by atoms with van der Waals surface area (Å²) in [6, 6.07) is 0.655. The smallest absolute Gasteiger partial charge is 0.309 e. The van der Waals surface area contributed by atoms with E-state index in [0.29, 0.717) is 6.07 Å². The van der Waals surface area contributed by atoms with Gasteiger partial charge < -0.3 is 4.57 Å². The van der Waals surface area contributed by atoms with Gasteiger partial charge >= 0.3 is 11.9 Å². The second-order valence-electron chi connectivity index (χ2n) is 3.83. The number of aromatic nitrogens is 2. The van der Waals surface area contributed by atoms with Crippen LogP contribution >= 0.6 is 23.2 Å². The largest absolute Gasteiger partial charge is 0.418 e. The Balaban J connectivity index is 2.99. The molecule has 0 aliphatic carbocycles. The first-order valence-electron chi connectivity index (χ1n) is 5.28. The minimum Gasteiger partial charge on any atom is -0.309 e. The minimum atomic E-state index is -4.82. The van der Waals surface area contributed by atoms with Crippen LogP contribution in [0.5, 0.6) is 0 Å². The van der Waals surface area contributed by atoms with E-state index in [2.05, 4.69) is 4.98 Å². The number of alkyl halides is 3. The molecule has 1 aromatic heterocycles. The maximum absolute atomic E-state index is 12.8. The summed E-state index contributed by atoms with van der Waals surface area (Å²) >= 11 is 11.3. The van der Waals surface area contributed by atoms with Crippen LogP contribution in [0.3, 0.4) is 0 Å². The van der Waals surface area contributed by atoms with Gasteiger partial charge in [0.25, 0.3) is 0 Å². The number of rotatable bonds is 2. The summed E-state index contributed by atoms with van der Waals surface area (Å²) in [5.41, 5.74) is -2.51. The lowest BCUT2D eigenvalue weighted by Gasteiger charge is -2.10. The molecule has 0 saturated heterocycles. The zero-order chi connectivity index (χ0) is 15.2. The number of halogens is 5. The number of nitro benzene ring substituents is 1. The van der Waals surface area contributed by atoms with Crippen molar-refractivity contribution >= 4 is 39.9 Å². The van der Waals surface area contributed by atoms with E-state index in [1.165, 1.54) is 4.57 Å². The first-order valence-corrected chi connectivity index (χ1v) is 6.03. The molecule has 0 radical (unpaired) electrons. The third-order valence-electron chi connectivity index (χ3n) is 2.70. The number of fused-ring (bicyclic) bond motifs is 1. The molecular formula is C10H6Cl2F3N3O2. The lowest BCUT2D eigenvalue weighted by atomic mass is 10.1. The van der Waals surface area contributed by atoms with Crippen LogP contribution in [0.4, 0.5) is 18.9 Å². The number of imidazole rings is 1. The Morgan fingerprint density at radius 2 is 2.05 bits per heavy atom. The Labute approximate surface area is 120 Å². The van der Waals surface area contributed by atoms with Crippen LogP contribution in [0.1, 0.15) is 12.5 Å². The van der Waals surface area contributed by atoms with Crippen molar-refractivity contribution in [3.05, 3.63) is 32.1 Å². The van der Waals surface area contributed by atoms with Gasteiger partial charge in [0.2, 0.25) is 5.28 Å². The van der Waals surface area contributed by atoms with E-state index in [4.69, 9.17) is 23.2 Å². The molecule has 0 N–H and O–H groups in total. The van der Waals surface area contributed by atoms with E-state index in [1.54, 1.807) is 6.92 Å². The van der Waals surface area contributed by atoms with Gasteiger partial charge in [0.1, 0.15) is 10.5 Å². The standard InChI is InChI=1S/C10H6Cl2F3N3O2/c1-2-17-7-5(16-9(17)12)3-4(10(13,14)15)6(11)8(7)18(19)20/h3H,2H2,1H3. The highest BCUT2D eigenvalue weighted by Gasteiger charge is 2.39. The molecule has 0 spiro atoms. The summed E-state index contributed by atoms with van der Waals surface area (Å²) in [5, 5.41) is 9.95. The Hall–Kier alpha value is -1.54. The van der Waals surface area contributed by atoms with E-state index in [-0.39, 0.29) is 22.9 Å². The van der Waals surface area contributed by atoms with Gasteiger partial charge in [-0.3, -0.25) is 10.1 Å². The number of aryl methyl sites for hydroxylation is 1. The molecule has 0 aliphatic rings. The number of hydrogen-bond acceptors (Lipinski definition) is 3. The highest BCUT2D eigenvalue weighted by molar-refractivity contribution is 6.35. The van der Waals surface area contributed by atoms with E-state index >= 15 is 0 Å². The maximum atomic E-state index is 12.8. The highest BCUT2D eigenvalue weighted by Crippen LogP contribution is 2.43. The van der Waals surface area contributed by atoms with E-state index in [1.807, 2.05) is 0 Å². The molecule has 108 valence electrons. The van der Waals surface area contributed by atoms with Crippen molar-refractivity contribution in [2.24, 2.45) is 0 Å². The molecule has 0 aliphatic heterocycles. The lowest BCUT2D eigenvalue weighted by molar-refractivity contribution is -0.383. The molecule has 1 heterocycles. The van der Waals surface area contributed by atoms with Crippen LogP contribution < -0.4 is 0 Å². The Morgan fingerprint density at radius 1 is 1.45 bits per heavy atom. The minimum absolute atomic E-state index is 0.125. The number of hydrogen-bond donors (Lipinski definition) is 0. The van der Waals surface area contributed by atoms with Crippen molar-refractivity contribution in [2.75, 3.05) is 0 Å². The predicted octanol–water partition coefficient (Wildman–Crippen LogP) is 4.29. The number of nitro groups is 1. The second-order valence-corrected chi connectivity index (χ2v) is 4.55. The monoisotopic (exact) mass is 327 g/mol. The summed E-state index contributed by atoms with van der Waals surface area (Å²) in [7, 11) is 0. The lowest BCUT2D eigenvalue weighted by Crippen LogP contribution is -2.08. The van der Waals surface area contributed by atoms with Gasteiger partial charge in [-0.25, -0.2) is 4.98 Å². The quantitative estimate of drug-likeness (QED) is 0.610. The molecule has 0 bridgehead atoms. The van der Waals surface area contributed by atoms with Crippen LogP contribution in [0.25, 0.3) is 11.0 Å². The molecule has 0 unspecified atom stereocenters. The fourth-order valence-electron chi connectivity index (χ4n) is 1.89. The van der Waals surface area contributed by atoms with Gasteiger partial charge in [0, 0.05) is 6.54 Å². The van der Waals surface area contributed by atoms with Crippen molar-refractivity contribution in [3.8, 4) is 0 Å².